The van der Waals surface area contributed by atoms with Crippen molar-refractivity contribution in [1.82, 2.24) is 0 Å². The summed E-state index contributed by atoms with van der Waals surface area (Å²) in [7, 11) is -2.32. The van der Waals surface area contributed by atoms with Gasteiger partial charge in [0, 0.05) is 24.7 Å². The summed E-state index contributed by atoms with van der Waals surface area (Å²) in [5.74, 6) is 0.104. The molecule has 0 aromatic carbocycles. The molecule has 1 heterocycles. The minimum absolute atomic E-state index is 0.0141. The summed E-state index contributed by atoms with van der Waals surface area (Å²) in [6.07, 6.45) is -0.450. The first-order chi connectivity index (χ1) is 7.99. The quantitative estimate of drug-likeness (QED) is 0.723. The molecule has 1 rings (SSSR count). The molecule has 3 atom stereocenters. The van der Waals surface area contributed by atoms with Gasteiger partial charge < -0.3 is 14.6 Å². The average Bonchev–Trinajstić information content (AvgIpc) is 2.18. The maximum Gasteiger partial charge on any atom is 0.211 e. The molecule has 0 radical (unpaired) electrons. The summed E-state index contributed by atoms with van der Waals surface area (Å²) in [4.78, 5) is 0. The largest absolute Gasteiger partial charge is 0.415 e. The van der Waals surface area contributed by atoms with Gasteiger partial charge in [-0.25, -0.2) is 0 Å². The molecular formula is C14H30O3Si. The van der Waals surface area contributed by atoms with Gasteiger partial charge in [-0.3, -0.25) is 0 Å². The maximum absolute atomic E-state index is 10.5. The van der Waals surface area contributed by atoms with E-state index in [1.807, 2.05) is 6.92 Å². The van der Waals surface area contributed by atoms with Gasteiger partial charge in [0.1, 0.15) is 0 Å². The third kappa shape index (κ3) is 2.28. The van der Waals surface area contributed by atoms with E-state index in [9.17, 15) is 10.2 Å². The first-order valence-electron chi connectivity index (χ1n) is 6.92. The smallest absolute Gasteiger partial charge is 0.211 e. The van der Waals surface area contributed by atoms with Crippen LogP contribution in [-0.4, -0.2) is 37.8 Å². The molecule has 18 heavy (non-hydrogen) atoms. The van der Waals surface area contributed by atoms with Crippen LogP contribution < -0.4 is 0 Å². The fourth-order valence-corrected chi connectivity index (χ4v) is 11.2. The molecule has 0 spiro atoms. The fourth-order valence-electron chi connectivity index (χ4n) is 4.01. The molecule has 0 aliphatic carbocycles. The van der Waals surface area contributed by atoms with Crippen molar-refractivity contribution in [3.05, 3.63) is 0 Å². The van der Waals surface area contributed by atoms with Gasteiger partial charge in [-0.2, -0.15) is 0 Å². The normalized spacial score (nSPS) is 33.5. The predicted octanol–water partition coefficient (Wildman–Crippen LogP) is 2.92. The maximum atomic E-state index is 10.5. The molecule has 0 saturated carbocycles. The third-order valence-corrected chi connectivity index (χ3v) is 11.2. The van der Waals surface area contributed by atoms with E-state index in [0.29, 0.717) is 6.61 Å². The zero-order valence-corrected chi connectivity index (χ0v) is 13.9. The molecule has 0 unspecified atom stereocenters. The first kappa shape index (κ1) is 16.2. The van der Waals surface area contributed by atoms with Crippen molar-refractivity contribution >= 4 is 8.32 Å². The van der Waals surface area contributed by atoms with Gasteiger partial charge in [0.2, 0.25) is 8.32 Å². The summed E-state index contributed by atoms with van der Waals surface area (Å²) in [6, 6.07) is 0. The lowest BCUT2D eigenvalue weighted by molar-refractivity contribution is 0.0129. The number of aliphatic hydroxyl groups excluding tert-OH is 2. The Morgan fingerprint density at radius 1 is 1.11 bits per heavy atom. The monoisotopic (exact) mass is 274 g/mol. The van der Waals surface area contributed by atoms with Crippen molar-refractivity contribution in [3.63, 3.8) is 0 Å². The fraction of sp³-hybridized carbons (Fsp3) is 1.00. The molecule has 0 aromatic heterocycles. The van der Waals surface area contributed by atoms with Gasteiger partial charge >= 0.3 is 0 Å². The molecule has 108 valence electrons. The Labute approximate surface area is 113 Å². The molecule has 0 amide bonds. The van der Waals surface area contributed by atoms with Crippen molar-refractivity contribution in [1.29, 1.82) is 0 Å². The molecule has 3 nitrogen and oxygen atoms in total. The van der Waals surface area contributed by atoms with Gasteiger partial charge in [0.05, 0.1) is 6.10 Å². The van der Waals surface area contributed by atoms with Crippen LogP contribution in [0.5, 0.6) is 0 Å². The topological polar surface area (TPSA) is 49.7 Å². The Morgan fingerprint density at radius 3 is 1.89 bits per heavy atom. The molecular weight excluding hydrogens is 244 g/mol. The lowest BCUT2D eigenvalue weighted by Crippen LogP contribution is -2.65. The molecule has 0 aromatic rings. The van der Waals surface area contributed by atoms with Gasteiger partial charge in [0.25, 0.3) is 0 Å². The Kier molecular flexibility index (Phi) is 4.39. The van der Waals surface area contributed by atoms with E-state index in [2.05, 4.69) is 41.5 Å². The summed E-state index contributed by atoms with van der Waals surface area (Å²) >= 11 is 0. The summed E-state index contributed by atoms with van der Waals surface area (Å²) < 4.78 is 6.40. The molecule has 1 fully saturated rings. The van der Waals surface area contributed by atoms with Crippen LogP contribution in [0.4, 0.5) is 0 Å². The van der Waals surface area contributed by atoms with E-state index in [1.54, 1.807) is 0 Å². The van der Waals surface area contributed by atoms with Crippen LogP contribution in [0, 0.1) is 5.92 Å². The first-order valence-corrected chi connectivity index (χ1v) is 8.90. The highest BCUT2D eigenvalue weighted by molar-refractivity contribution is 6.81. The standard InChI is InChI=1S/C14H30O3Si/c1-10-9-17-18(13(2,3)4,14(5,6)7)11(8-15)12(10)16/h10-12,15-16H,8-9H2,1-7H3/t10-,11-,12+/m1/s1. The van der Waals surface area contributed by atoms with Gasteiger partial charge in [-0.05, 0) is 10.1 Å². The van der Waals surface area contributed by atoms with Gasteiger partial charge in [-0.1, -0.05) is 48.5 Å². The van der Waals surface area contributed by atoms with E-state index in [-0.39, 0.29) is 28.1 Å². The Bertz CT molecular complexity index is 276. The van der Waals surface area contributed by atoms with E-state index in [0.717, 1.165) is 0 Å². The van der Waals surface area contributed by atoms with Gasteiger partial charge in [0.15, 0.2) is 0 Å². The van der Waals surface area contributed by atoms with Crippen LogP contribution in [0.15, 0.2) is 0 Å². The van der Waals surface area contributed by atoms with Crippen LogP contribution >= 0.6 is 0 Å². The second-order valence-corrected chi connectivity index (χ2v) is 13.3. The summed E-state index contributed by atoms with van der Waals surface area (Å²) in [5, 5.41) is 20.3. The predicted molar refractivity (Wildman–Crippen MR) is 77.1 cm³/mol. The highest BCUT2D eigenvalue weighted by Gasteiger charge is 2.63. The lowest BCUT2D eigenvalue weighted by Gasteiger charge is -2.58. The van der Waals surface area contributed by atoms with E-state index >= 15 is 0 Å². The SMILES string of the molecule is C[C@@H]1CO[Si](C(C)(C)C)(C(C)(C)C)[C@H](CO)[C@H]1O. The minimum atomic E-state index is -2.32. The zero-order valence-electron chi connectivity index (χ0n) is 12.9. The van der Waals surface area contributed by atoms with Crippen molar-refractivity contribution in [3.8, 4) is 0 Å². The summed E-state index contributed by atoms with van der Waals surface area (Å²) in [5.41, 5.74) is -0.110. The lowest BCUT2D eigenvalue weighted by atomic mass is 10.0. The van der Waals surface area contributed by atoms with E-state index in [4.69, 9.17) is 4.43 Å². The molecule has 0 bridgehead atoms. The van der Waals surface area contributed by atoms with Crippen molar-refractivity contribution in [2.45, 2.75) is 70.2 Å². The second kappa shape index (κ2) is 4.89. The van der Waals surface area contributed by atoms with Crippen LogP contribution in [0.1, 0.15) is 48.5 Å². The zero-order chi connectivity index (χ0) is 14.4. The van der Waals surface area contributed by atoms with Crippen LogP contribution in [-0.2, 0) is 4.43 Å². The number of aliphatic hydroxyl groups is 2. The number of rotatable bonds is 1. The van der Waals surface area contributed by atoms with Crippen molar-refractivity contribution in [2.24, 2.45) is 5.92 Å². The van der Waals surface area contributed by atoms with Crippen LogP contribution in [0.3, 0.4) is 0 Å². The van der Waals surface area contributed by atoms with E-state index < -0.39 is 14.4 Å². The Balaban J connectivity index is 3.34. The second-order valence-electron chi connectivity index (χ2n) is 7.80. The molecule has 1 aliphatic heterocycles. The van der Waals surface area contributed by atoms with Gasteiger partial charge in [-0.15, -0.1) is 0 Å². The molecule has 4 heteroatoms. The highest BCUT2D eigenvalue weighted by atomic mass is 28.4. The highest BCUT2D eigenvalue weighted by Crippen LogP contribution is 2.60. The molecule has 1 aliphatic rings. The Morgan fingerprint density at radius 2 is 1.56 bits per heavy atom. The van der Waals surface area contributed by atoms with E-state index in [1.165, 1.54) is 0 Å². The minimum Gasteiger partial charge on any atom is -0.415 e. The van der Waals surface area contributed by atoms with Crippen molar-refractivity contribution < 1.29 is 14.6 Å². The number of hydrogen-bond donors (Lipinski definition) is 2. The summed E-state index contributed by atoms with van der Waals surface area (Å²) in [6.45, 7) is 15.8. The number of hydrogen-bond acceptors (Lipinski definition) is 3. The Hall–Kier alpha value is 0.0969. The average molecular weight is 274 g/mol. The third-order valence-electron chi connectivity index (χ3n) is 4.52. The van der Waals surface area contributed by atoms with Crippen molar-refractivity contribution in [2.75, 3.05) is 13.2 Å². The molecule has 1 saturated heterocycles. The molecule has 2 N–H and O–H groups in total. The van der Waals surface area contributed by atoms with Crippen LogP contribution in [0.25, 0.3) is 0 Å². The van der Waals surface area contributed by atoms with Crippen LogP contribution in [0.2, 0.25) is 15.6 Å².